The van der Waals surface area contributed by atoms with Crippen molar-refractivity contribution >= 4 is 6.41 Å². The van der Waals surface area contributed by atoms with Crippen LogP contribution in [0.15, 0.2) is 0 Å². The molecule has 0 aromatic heterocycles. The molecule has 0 unspecified atom stereocenters. The molecule has 0 aliphatic heterocycles. The van der Waals surface area contributed by atoms with Gasteiger partial charge in [-0.1, -0.05) is 6.42 Å². The second-order valence-electron chi connectivity index (χ2n) is 4.41. The van der Waals surface area contributed by atoms with Gasteiger partial charge in [-0.15, -0.1) is 0 Å². The minimum atomic E-state index is 0.480. The van der Waals surface area contributed by atoms with E-state index >= 15 is 0 Å². The molecule has 0 saturated heterocycles. The van der Waals surface area contributed by atoms with E-state index in [0.717, 1.165) is 11.8 Å². The first-order valence-corrected chi connectivity index (χ1v) is 5.04. The Labute approximate surface area is 73.7 Å². The van der Waals surface area contributed by atoms with Gasteiger partial charge in [-0.2, -0.15) is 0 Å². The van der Waals surface area contributed by atoms with Crippen molar-refractivity contribution in [2.75, 3.05) is 0 Å². The predicted molar refractivity (Wildman–Crippen MR) is 47.7 cm³/mol. The summed E-state index contributed by atoms with van der Waals surface area (Å²) in [6.07, 6.45) is 10.3. The van der Waals surface area contributed by atoms with E-state index in [1.54, 1.807) is 0 Å². The molecule has 0 atom stereocenters. The highest BCUT2D eigenvalue weighted by molar-refractivity contribution is 5.46. The summed E-state index contributed by atoms with van der Waals surface area (Å²) >= 11 is 0. The Morgan fingerprint density at radius 3 is 2.25 bits per heavy atom. The summed E-state index contributed by atoms with van der Waals surface area (Å²) in [6, 6.07) is 0.480. The third-order valence-corrected chi connectivity index (χ3v) is 3.76. The molecule has 1 N–H and O–H groups in total. The predicted octanol–water partition coefficient (Wildman–Crippen LogP) is 1.85. The third kappa shape index (κ3) is 1.35. The average Bonchev–Trinajstić information content (AvgIpc) is 2.04. The van der Waals surface area contributed by atoms with Gasteiger partial charge in [0, 0.05) is 6.04 Å². The van der Waals surface area contributed by atoms with Crippen molar-refractivity contribution in [1.82, 2.24) is 5.32 Å². The molecule has 1 spiro atoms. The third-order valence-electron chi connectivity index (χ3n) is 3.76. The second-order valence-corrected chi connectivity index (χ2v) is 4.41. The smallest absolute Gasteiger partial charge is 0.207 e. The molecule has 2 rings (SSSR count). The fourth-order valence-electron chi connectivity index (χ4n) is 2.67. The van der Waals surface area contributed by atoms with E-state index in [9.17, 15) is 4.79 Å². The molecule has 2 saturated carbocycles. The van der Waals surface area contributed by atoms with Crippen LogP contribution in [-0.4, -0.2) is 12.5 Å². The molecule has 0 heterocycles. The minimum Gasteiger partial charge on any atom is -0.356 e. The molecule has 12 heavy (non-hydrogen) atoms. The quantitative estimate of drug-likeness (QED) is 0.625. The van der Waals surface area contributed by atoms with E-state index in [-0.39, 0.29) is 0 Å². The number of rotatable bonds is 2. The zero-order valence-electron chi connectivity index (χ0n) is 7.51. The first-order chi connectivity index (χ1) is 5.85. The lowest BCUT2D eigenvalue weighted by atomic mass is 9.60. The standard InChI is InChI=1S/C10H17NO/c12-8-11-9-2-6-10(7-3-9)4-1-5-10/h8-9H,1-7H2,(H,11,12). The number of carbonyl (C=O) groups is 1. The van der Waals surface area contributed by atoms with E-state index in [0.29, 0.717) is 6.04 Å². The Hall–Kier alpha value is -0.530. The van der Waals surface area contributed by atoms with Gasteiger partial charge in [-0.05, 0) is 43.9 Å². The van der Waals surface area contributed by atoms with Crippen molar-refractivity contribution in [3.8, 4) is 0 Å². The van der Waals surface area contributed by atoms with E-state index < -0.39 is 0 Å². The van der Waals surface area contributed by atoms with Gasteiger partial charge in [0.25, 0.3) is 0 Å². The molecule has 0 bridgehead atoms. The van der Waals surface area contributed by atoms with E-state index in [1.165, 1.54) is 44.9 Å². The zero-order chi connectivity index (χ0) is 8.44. The van der Waals surface area contributed by atoms with Crippen LogP contribution in [0.4, 0.5) is 0 Å². The average molecular weight is 167 g/mol. The maximum atomic E-state index is 10.2. The number of amides is 1. The Balaban J connectivity index is 1.80. The highest BCUT2D eigenvalue weighted by Crippen LogP contribution is 2.51. The molecule has 68 valence electrons. The van der Waals surface area contributed by atoms with Crippen molar-refractivity contribution in [2.45, 2.75) is 51.0 Å². The van der Waals surface area contributed by atoms with Crippen LogP contribution < -0.4 is 5.32 Å². The molecule has 2 aliphatic rings. The fraction of sp³-hybridized carbons (Fsp3) is 0.900. The molecular weight excluding hydrogens is 150 g/mol. The van der Waals surface area contributed by atoms with Gasteiger partial charge in [-0.25, -0.2) is 0 Å². The SMILES string of the molecule is O=CNC1CCC2(CCC2)CC1. The second kappa shape index (κ2) is 3.08. The summed E-state index contributed by atoms with van der Waals surface area (Å²) in [4.78, 5) is 10.2. The van der Waals surface area contributed by atoms with Crippen molar-refractivity contribution < 1.29 is 4.79 Å². The fourth-order valence-corrected chi connectivity index (χ4v) is 2.67. The van der Waals surface area contributed by atoms with Crippen molar-refractivity contribution in [2.24, 2.45) is 5.41 Å². The normalized spacial score (nSPS) is 28.0. The number of hydrogen-bond donors (Lipinski definition) is 1. The van der Waals surface area contributed by atoms with Gasteiger partial charge in [0.15, 0.2) is 0 Å². The Bertz CT molecular complexity index is 165. The van der Waals surface area contributed by atoms with Gasteiger partial charge in [0.05, 0.1) is 0 Å². The topological polar surface area (TPSA) is 29.1 Å². The Kier molecular flexibility index (Phi) is 2.07. The lowest BCUT2D eigenvalue weighted by Gasteiger charge is -2.46. The molecule has 0 aromatic rings. The van der Waals surface area contributed by atoms with E-state index in [4.69, 9.17) is 0 Å². The summed E-state index contributed by atoms with van der Waals surface area (Å²) in [5, 5.41) is 2.89. The lowest BCUT2D eigenvalue weighted by Crippen LogP contribution is -2.40. The monoisotopic (exact) mass is 167 g/mol. The van der Waals surface area contributed by atoms with Crippen molar-refractivity contribution in [1.29, 1.82) is 0 Å². The Morgan fingerprint density at radius 1 is 1.17 bits per heavy atom. The number of hydrogen-bond acceptors (Lipinski definition) is 1. The summed E-state index contributed by atoms with van der Waals surface area (Å²) < 4.78 is 0. The Morgan fingerprint density at radius 2 is 1.83 bits per heavy atom. The van der Waals surface area contributed by atoms with Gasteiger partial charge in [-0.3, -0.25) is 4.79 Å². The maximum Gasteiger partial charge on any atom is 0.207 e. The number of nitrogens with one attached hydrogen (secondary N) is 1. The molecule has 2 aliphatic carbocycles. The number of carbonyl (C=O) groups excluding carboxylic acids is 1. The summed E-state index contributed by atoms with van der Waals surface area (Å²) in [7, 11) is 0. The molecule has 2 fully saturated rings. The summed E-state index contributed by atoms with van der Waals surface area (Å²) in [5.41, 5.74) is 0.723. The highest BCUT2D eigenvalue weighted by atomic mass is 16.1. The molecule has 2 heteroatoms. The first kappa shape index (κ1) is 8.09. The van der Waals surface area contributed by atoms with Crippen LogP contribution in [0.2, 0.25) is 0 Å². The molecule has 0 radical (unpaired) electrons. The minimum absolute atomic E-state index is 0.480. The van der Waals surface area contributed by atoms with Crippen molar-refractivity contribution in [3.63, 3.8) is 0 Å². The van der Waals surface area contributed by atoms with Gasteiger partial charge >= 0.3 is 0 Å². The van der Waals surface area contributed by atoms with Gasteiger partial charge < -0.3 is 5.32 Å². The van der Waals surface area contributed by atoms with E-state index in [1.807, 2.05) is 0 Å². The van der Waals surface area contributed by atoms with Crippen LogP contribution in [0.25, 0.3) is 0 Å². The van der Waals surface area contributed by atoms with Gasteiger partial charge in [0.1, 0.15) is 0 Å². The molecule has 1 amide bonds. The highest BCUT2D eigenvalue weighted by Gasteiger charge is 2.39. The van der Waals surface area contributed by atoms with Crippen LogP contribution in [0.5, 0.6) is 0 Å². The van der Waals surface area contributed by atoms with Crippen LogP contribution in [0, 0.1) is 5.41 Å². The summed E-state index contributed by atoms with van der Waals surface area (Å²) in [5.74, 6) is 0. The molecule has 0 aromatic carbocycles. The first-order valence-electron chi connectivity index (χ1n) is 5.04. The van der Waals surface area contributed by atoms with E-state index in [2.05, 4.69) is 5.32 Å². The van der Waals surface area contributed by atoms with Crippen LogP contribution in [-0.2, 0) is 4.79 Å². The van der Waals surface area contributed by atoms with Crippen LogP contribution >= 0.6 is 0 Å². The molecular formula is C10H17NO. The maximum absolute atomic E-state index is 10.2. The summed E-state index contributed by atoms with van der Waals surface area (Å²) in [6.45, 7) is 0. The van der Waals surface area contributed by atoms with Crippen LogP contribution in [0.1, 0.15) is 44.9 Å². The van der Waals surface area contributed by atoms with Crippen LogP contribution in [0.3, 0.4) is 0 Å². The zero-order valence-corrected chi connectivity index (χ0v) is 7.51. The van der Waals surface area contributed by atoms with Crippen molar-refractivity contribution in [3.05, 3.63) is 0 Å². The largest absolute Gasteiger partial charge is 0.356 e. The van der Waals surface area contributed by atoms with Gasteiger partial charge in [0.2, 0.25) is 6.41 Å². The lowest BCUT2D eigenvalue weighted by molar-refractivity contribution is -0.110. The molecule has 2 nitrogen and oxygen atoms in total.